The summed E-state index contributed by atoms with van der Waals surface area (Å²) in [6, 6.07) is 7.83. The van der Waals surface area contributed by atoms with E-state index in [-0.39, 0.29) is 6.10 Å². The maximum absolute atomic E-state index is 12.6. The highest BCUT2D eigenvalue weighted by Gasteiger charge is 2.17. The summed E-state index contributed by atoms with van der Waals surface area (Å²) in [5, 5.41) is 12.6. The van der Waals surface area contributed by atoms with Gasteiger partial charge in [-0.3, -0.25) is 10.3 Å². The number of aliphatic hydroxyl groups is 1. The number of carbonyl (C=O) groups excluding carboxylic acids is 1. The van der Waals surface area contributed by atoms with Crippen molar-refractivity contribution < 1.29 is 19.4 Å². The van der Waals surface area contributed by atoms with Gasteiger partial charge < -0.3 is 14.6 Å². The van der Waals surface area contributed by atoms with Gasteiger partial charge in [-0.2, -0.15) is 0 Å². The van der Waals surface area contributed by atoms with Gasteiger partial charge in [0.05, 0.1) is 17.7 Å². The van der Waals surface area contributed by atoms with E-state index >= 15 is 0 Å². The van der Waals surface area contributed by atoms with Gasteiger partial charge in [-0.15, -0.1) is 0 Å². The van der Waals surface area contributed by atoms with Crippen LogP contribution in [0.1, 0.15) is 107 Å². The minimum absolute atomic E-state index is 0.275. The lowest BCUT2D eigenvalue weighted by Crippen LogP contribution is -2.21. The lowest BCUT2D eigenvalue weighted by molar-refractivity contribution is 0.0765. The topological polar surface area (TPSA) is 93.0 Å². The molecule has 0 bridgehead atoms. The summed E-state index contributed by atoms with van der Waals surface area (Å²) < 4.78 is 11.1. The molecule has 1 unspecified atom stereocenters. The molecule has 0 saturated carbocycles. The molecule has 0 aliphatic carbocycles. The Bertz CT molecular complexity index is 1010. The third kappa shape index (κ3) is 15.7. The van der Waals surface area contributed by atoms with E-state index in [0.29, 0.717) is 31.1 Å². The monoisotopic (exact) mass is 559 g/mol. The molecule has 1 aromatic carbocycles. The number of aliphatic imine (C=N–C) groups is 1. The number of fused-ring (bicyclic) bond motifs is 1. The number of aromatic nitrogens is 1. The molecule has 1 heterocycles. The number of para-hydroxylation sites is 1. The Morgan fingerprint density at radius 2 is 1.70 bits per heavy atom. The largest absolute Gasteiger partial charge is 0.442 e. The van der Waals surface area contributed by atoms with Crippen LogP contribution in [0.3, 0.4) is 0 Å². The molecule has 40 heavy (non-hydrogen) atoms. The second-order valence-corrected chi connectivity index (χ2v) is 9.10. The fraction of sp³-hybridized carbons (Fsp3) is 0.606. The Hall–Kier alpha value is -2.77. The molecule has 2 N–H and O–H groups in total. The Balaban J connectivity index is 0. The summed E-state index contributed by atoms with van der Waals surface area (Å²) in [5.74, 6) is 0.396. The molecule has 7 nitrogen and oxygen atoms in total. The van der Waals surface area contributed by atoms with Gasteiger partial charge in [-0.1, -0.05) is 79.7 Å². The first-order chi connectivity index (χ1) is 19.1. The lowest BCUT2D eigenvalue weighted by Gasteiger charge is -2.16. The van der Waals surface area contributed by atoms with E-state index in [9.17, 15) is 4.79 Å². The quantitative estimate of drug-likeness (QED) is 0.211. The summed E-state index contributed by atoms with van der Waals surface area (Å²) in [6.07, 6.45) is 6.26. The Kier molecular flexibility index (Phi) is 22.6. The van der Waals surface area contributed by atoms with Crippen LogP contribution in [0, 0.1) is 6.92 Å². The zero-order valence-corrected chi connectivity index (χ0v) is 27.4. The smallest absolute Gasteiger partial charge is 0.413 e. The van der Waals surface area contributed by atoms with Gasteiger partial charge in [-0.25, -0.2) is 9.78 Å². The van der Waals surface area contributed by atoms with Crippen molar-refractivity contribution in [2.75, 3.05) is 18.5 Å². The number of benzene rings is 1. The molecular weight excluding hydrogens is 502 g/mol. The molecule has 0 aliphatic rings. The predicted octanol–water partition coefficient (Wildman–Crippen LogP) is 9.58. The zero-order chi connectivity index (χ0) is 31.1. The van der Waals surface area contributed by atoms with E-state index in [2.05, 4.69) is 10.3 Å². The summed E-state index contributed by atoms with van der Waals surface area (Å²) in [7, 11) is 0. The van der Waals surface area contributed by atoms with Crippen LogP contribution in [0.2, 0.25) is 0 Å². The highest BCUT2D eigenvalue weighted by Crippen LogP contribution is 2.33. The fourth-order valence-corrected chi connectivity index (χ4v) is 2.99. The maximum atomic E-state index is 12.6. The molecule has 0 saturated heterocycles. The first-order valence-electron chi connectivity index (χ1n) is 15.0. The number of carbonyl (C=O) groups is 1. The van der Waals surface area contributed by atoms with E-state index in [0.717, 1.165) is 41.4 Å². The number of pyridine rings is 1. The van der Waals surface area contributed by atoms with E-state index in [1.165, 1.54) is 0 Å². The van der Waals surface area contributed by atoms with Crippen LogP contribution in [0.4, 0.5) is 16.3 Å². The molecule has 1 aromatic heterocycles. The molecule has 7 heteroatoms. The molecule has 1 atom stereocenters. The highest BCUT2D eigenvalue weighted by molar-refractivity contribution is 5.98. The molecule has 0 aliphatic heterocycles. The van der Waals surface area contributed by atoms with E-state index < -0.39 is 11.7 Å². The van der Waals surface area contributed by atoms with Crippen molar-refractivity contribution in [3.05, 3.63) is 42.0 Å². The van der Waals surface area contributed by atoms with Crippen LogP contribution in [-0.4, -0.2) is 46.8 Å². The number of aryl methyl sites for hydroxylation is 1. The Labute approximate surface area is 244 Å². The number of allylic oxidation sites excluding steroid dienone is 1. The van der Waals surface area contributed by atoms with Gasteiger partial charge in [0.2, 0.25) is 0 Å². The van der Waals surface area contributed by atoms with Crippen LogP contribution in [0.25, 0.3) is 10.9 Å². The number of rotatable bonds is 11. The van der Waals surface area contributed by atoms with Crippen LogP contribution >= 0.6 is 0 Å². The second kappa shape index (κ2) is 23.0. The van der Waals surface area contributed by atoms with Crippen LogP contribution < -0.4 is 5.32 Å². The number of amides is 1. The summed E-state index contributed by atoms with van der Waals surface area (Å²) >= 11 is 0. The van der Waals surface area contributed by atoms with Crippen molar-refractivity contribution >= 4 is 34.2 Å². The van der Waals surface area contributed by atoms with Crippen molar-refractivity contribution in [2.24, 2.45) is 4.99 Å². The SMILES string of the molecule is CC.CC.CC/C=C/C(CC)OC(=O)Nc1nc2ccccc2c(C)c1N=C(CC)COCC.CCC(C)(C)O. The number of hydrogen-bond donors (Lipinski definition) is 2. The number of ether oxygens (including phenoxy) is 2. The number of nitrogens with zero attached hydrogens (tertiary/aromatic N) is 2. The van der Waals surface area contributed by atoms with Crippen molar-refractivity contribution in [3.63, 3.8) is 0 Å². The van der Waals surface area contributed by atoms with Gasteiger partial charge in [0.15, 0.2) is 5.82 Å². The molecule has 2 rings (SSSR count). The van der Waals surface area contributed by atoms with Crippen LogP contribution in [0.15, 0.2) is 41.4 Å². The summed E-state index contributed by atoms with van der Waals surface area (Å²) in [5.41, 5.74) is 2.83. The van der Waals surface area contributed by atoms with Gasteiger partial charge >= 0.3 is 6.09 Å². The normalized spacial score (nSPS) is 11.9. The molecule has 0 fully saturated rings. The minimum atomic E-state index is -0.538. The molecular formula is C33H57N3O4. The lowest BCUT2D eigenvalue weighted by atomic mass is 10.1. The van der Waals surface area contributed by atoms with Gasteiger partial charge in [0.1, 0.15) is 11.8 Å². The van der Waals surface area contributed by atoms with Crippen molar-refractivity contribution in [1.29, 1.82) is 0 Å². The average molecular weight is 560 g/mol. The molecule has 1 amide bonds. The molecule has 0 radical (unpaired) electrons. The summed E-state index contributed by atoms with van der Waals surface area (Å²) in [4.78, 5) is 22.1. The molecule has 228 valence electrons. The van der Waals surface area contributed by atoms with Crippen molar-refractivity contribution in [1.82, 2.24) is 4.98 Å². The first-order valence-corrected chi connectivity index (χ1v) is 15.0. The highest BCUT2D eigenvalue weighted by atomic mass is 16.6. The number of anilines is 1. The maximum Gasteiger partial charge on any atom is 0.413 e. The third-order valence-electron chi connectivity index (χ3n) is 5.60. The first kappa shape index (κ1) is 39.4. The Morgan fingerprint density at radius 1 is 1.10 bits per heavy atom. The van der Waals surface area contributed by atoms with Crippen molar-refractivity contribution in [2.45, 2.75) is 120 Å². The molecule has 0 spiro atoms. The predicted molar refractivity (Wildman–Crippen MR) is 173 cm³/mol. The minimum Gasteiger partial charge on any atom is -0.442 e. The van der Waals surface area contributed by atoms with Gasteiger partial charge in [0, 0.05) is 17.7 Å². The fourth-order valence-electron chi connectivity index (χ4n) is 2.99. The Morgan fingerprint density at radius 3 is 2.20 bits per heavy atom. The third-order valence-corrected chi connectivity index (χ3v) is 5.60. The van der Waals surface area contributed by atoms with Crippen LogP contribution in [0.5, 0.6) is 0 Å². The second-order valence-electron chi connectivity index (χ2n) is 9.10. The average Bonchev–Trinajstić information content (AvgIpc) is 2.96. The summed E-state index contributed by atoms with van der Waals surface area (Å²) in [6.45, 7) is 24.6. The van der Waals surface area contributed by atoms with Crippen molar-refractivity contribution in [3.8, 4) is 0 Å². The van der Waals surface area contributed by atoms with Gasteiger partial charge in [-0.05, 0) is 71.1 Å². The number of nitrogens with one attached hydrogen (secondary N) is 1. The zero-order valence-electron chi connectivity index (χ0n) is 27.4. The van der Waals surface area contributed by atoms with E-state index in [4.69, 9.17) is 19.6 Å². The molecule has 2 aromatic rings. The standard InChI is InChI=1S/C24H33N3O3.C5H12O.2C2H6/c1-6-10-13-19(8-3)30-24(28)27-23-22(25-18(7-2)16-29-9-4)17(5)20-14-11-12-15-21(20)26-23;1-4-5(2,3)6;2*1-2/h10-15,19H,6-9,16H2,1-5H3,(H,26,27,28);6H,4H2,1-3H3;2*1-2H3/b13-10+,25-18?;;;. The van der Waals surface area contributed by atoms with E-state index in [1.807, 2.05) is 106 Å². The van der Waals surface area contributed by atoms with Gasteiger partial charge in [0.25, 0.3) is 0 Å². The van der Waals surface area contributed by atoms with E-state index in [1.54, 1.807) is 13.8 Å². The van der Waals surface area contributed by atoms with Crippen LogP contribution in [-0.2, 0) is 9.47 Å². The number of hydrogen-bond acceptors (Lipinski definition) is 6.